The van der Waals surface area contributed by atoms with E-state index in [9.17, 15) is 0 Å². The number of imidazole rings is 1. The fourth-order valence-corrected chi connectivity index (χ4v) is 2.02. The molecule has 1 N–H and O–H groups in total. The van der Waals surface area contributed by atoms with Crippen LogP contribution in [0.5, 0.6) is 0 Å². The summed E-state index contributed by atoms with van der Waals surface area (Å²) in [5.74, 6) is 1.43. The molecule has 0 amide bonds. The molecule has 0 spiro atoms. The van der Waals surface area contributed by atoms with Crippen LogP contribution in [0.4, 0.5) is 0 Å². The van der Waals surface area contributed by atoms with Crippen molar-refractivity contribution in [2.24, 2.45) is 0 Å². The normalized spacial score (nSPS) is 11.3. The van der Waals surface area contributed by atoms with Crippen molar-refractivity contribution in [2.75, 3.05) is 0 Å². The molecule has 0 fully saturated rings. The zero-order valence-electron chi connectivity index (χ0n) is 8.06. The summed E-state index contributed by atoms with van der Waals surface area (Å²) < 4.78 is 2.38. The number of aryl methyl sites for hydroxylation is 1. The molecule has 0 radical (unpaired) electrons. The van der Waals surface area contributed by atoms with Crippen molar-refractivity contribution in [2.45, 2.75) is 6.92 Å². The van der Waals surface area contributed by atoms with E-state index in [1.165, 1.54) is 0 Å². The Morgan fingerprint density at radius 2 is 2.07 bits per heavy atom. The first-order valence-electron chi connectivity index (χ1n) is 4.60. The molecule has 2 heterocycles. The van der Waals surface area contributed by atoms with Gasteiger partial charge in [-0.15, -0.1) is 0 Å². The first-order valence-corrected chi connectivity index (χ1v) is 5.00. The first-order chi connectivity index (χ1) is 7.25. The number of nitrogens with one attached hydrogen (secondary N) is 1. The average molecular weight is 216 g/mol. The van der Waals surface area contributed by atoms with Crippen LogP contribution in [0.25, 0.3) is 16.8 Å². The van der Waals surface area contributed by atoms with Crippen LogP contribution in [-0.2, 0) is 0 Å². The van der Waals surface area contributed by atoms with Crippen LogP contribution in [0.1, 0.15) is 5.82 Å². The molecule has 0 aliphatic carbocycles. The average Bonchev–Trinajstić information content (AvgIpc) is 2.54. The summed E-state index contributed by atoms with van der Waals surface area (Å²) in [5, 5.41) is 0. The van der Waals surface area contributed by atoms with Crippen LogP contribution in [0, 0.1) is 11.7 Å². The van der Waals surface area contributed by atoms with E-state index in [2.05, 4.69) is 15.0 Å². The van der Waals surface area contributed by atoms with Crippen LogP contribution in [-0.4, -0.2) is 19.4 Å². The molecule has 0 aliphatic rings. The van der Waals surface area contributed by atoms with Gasteiger partial charge in [-0.25, -0.2) is 4.98 Å². The fourth-order valence-electron chi connectivity index (χ4n) is 1.70. The number of rotatable bonds is 0. The molecule has 2 aromatic heterocycles. The van der Waals surface area contributed by atoms with Crippen molar-refractivity contribution in [1.82, 2.24) is 19.4 Å². The van der Waals surface area contributed by atoms with Crippen molar-refractivity contribution < 1.29 is 0 Å². The van der Waals surface area contributed by atoms with Crippen LogP contribution in [0.2, 0.25) is 0 Å². The van der Waals surface area contributed by atoms with Gasteiger partial charge in [0.15, 0.2) is 0 Å². The van der Waals surface area contributed by atoms with Crippen LogP contribution < -0.4 is 0 Å². The number of fused-ring (bicyclic) bond motifs is 3. The lowest BCUT2D eigenvalue weighted by Crippen LogP contribution is -1.96. The molecule has 5 heteroatoms. The lowest BCUT2D eigenvalue weighted by molar-refractivity contribution is 0.949. The summed E-state index contributed by atoms with van der Waals surface area (Å²) in [4.78, 5) is 11.7. The van der Waals surface area contributed by atoms with Gasteiger partial charge in [-0.2, -0.15) is 4.98 Å². The highest BCUT2D eigenvalue weighted by molar-refractivity contribution is 7.71. The van der Waals surface area contributed by atoms with E-state index < -0.39 is 0 Å². The summed E-state index contributed by atoms with van der Waals surface area (Å²) in [5.41, 5.74) is 2.03. The molecule has 15 heavy (non-hydrogen) atoms. The summed E-state index contributed by atoms with van der Waals surface area (Å²) in [7, 11) is 0. The van der Waals surface area contributed by atoms with Crippen molar-refractivity contribution in [3.63, 3.8) is 0 Å². The van der Waals surface area contributed by atoms with Gasteiger partial charge in [-0.3, -0.25) is 4.40 Å². The minimum atomic E-state index is 0.537. The van der Waals surface area contributed by atoms with Gasteiger partial charge in [0.25, 0.3) is 0 Å². The molecule has 3 rings (SSSR count). The lowest BCUT2D eigenvalue weighted by Gasteiger charge is -1.95. The van der Waals surface area contributed by atoms with E-state index in [0.29, 0.717) is 10.6 Å². The molecule has 0 saturated carbocycles. The van der Waals surface area contributed by atoms with Crippen molar-refractivity contribution >= 4 is 29.0 Å². The Morgan fingerprint density at radius 3 is 2.93 bits per heavy atom. The molecule has 0 bridgehead atoms. The molecule has 0 atom stereocenters. The molecule has 74 valence electrons. The maximum Gasteiger partial charge on any atom is 0.216 e. The number of hydrogen-bond acceptors (Lipinski definition) is 3. The van der Waals surface area contributed by atoms with Crippen LogP contribution >= 0.6 is 12.2 Å². The van der Waals surface area contributed by atoms with Crippen LogP contribution in [0.15, 0.2) is 24.3 Å². The Balaban J connectivity index is 2.67. The molecule has 0 saturated heterocycles. The molecule has 3 aromatic rings. The number of H-pyrrole nitrogens is 1. The number of nitrogens with zero attached hydrogens (tertiary/aromatic N) is 3. The smallest absolute Gasteiger partial charge is 0.216 e. The maximum absolute atomic E-state index is 5.21. The third kappa shape index (κ3) is 1.16. The second-order valence-electron chi connectivity index (χ2n) is 3.35. The van der Waals surface area contributed by atoms with Crippen molar-refractivity contribution in [3.05, 3.63) is 34.9 Å². The zero-order valence-corrected chi connectivity index (χ0v) is 8.88. The predicted octanol–water partition coefficient (Wildman–Crippen LogP) is 2.25. The Labute approximate surface area is 90.6 Å². The highest BCUT2D eigenvalue weighted by Crippen LogP contribution is 2.14. The maximum atomic E-state index is 5.21. The quantitative estimate of drug-likeness (QED) is 0.586. The Hall–Kier alpha value is -1.75. The lowest BCUT2D eigenvalue weighted by atomic mass is 10.3. The molecule has 4 nitrogen and oxygen atoms in total. The SMILES string of the molecule is Cc1nc(=S)n2c(n1)[nH]c1ccccc12. The van der Waals surface area contributed by atoms with Gasteiger partial charge in [0, 0.05) is 0 Å². The molecular formula is C10H8N4S. The summed E-state index contributed by atoms with van der Waals surface area (Å²) >= 11 is 5.21. The van der Waals surface area contributed by atoms with Gasteiger partial charge in [0.05, 0.1) is 11.0 Å². The molecule has 0 unspecified atom stereocenters. The standard InChI is InChI=1S/C10H8N4S/c1-6-11-9-13-7-4-2-3-5-8(7)14(9)10(15)12-6/h2-5H,1H3,(H,11,12,13,15). The van der Waals surface area contributed by atoms with Crippen molar-refractivity contribution in [1.29, 1.82) is 0 Å². The third-order valence-electron chi connectivity index (χ3n) is 2.32. The second-order valence-corrected chi connectivity index (χ2v) is 3.72. The summed E-state index contributed by atoms with van der Waals surface area (Å²) in [6.45, 7) is 1.83. The Morgan fingerprint density at radius 1 is 1.27 bits per heavy atom. The number of hydrogen-bond donors (Lipinski definition) is 1. The first kappa shape index (κ1) is 8.55. The van der Waals surface area contributed by atoms with Gasteiger partial charge >= 0.3 is 0 Å². The van der Waals surface area contributed by atoms with E-state index in [1.54, 1.807) is 0 Å². The van der Waals surface area contributed by atoms with Gasteiger partial charge in [0.2, 0.25) is 10.5 Å². The predicted molar refractivity (Wildman–Crippen MR) is 60.4 cm³/mol. The topological polar surface area (TPSA) is 46.0 Å². The molecule has 1 aromatic carbocycles. The van der Waals surface area contributed by atoms with Crippen LogP contribution in [0.3, 0.4) is 0 Å². The zero-order chi connectivity index (χ0) is 10.4. The highest BCUT2D eigenvalue weighted by atomic mass is 32.1. The largest absolute Gasteiger partial charge is 0.323 e. The summed E-state index contributed by atoms with van der Waals surface area (Å²) in [6.07, 6.45) is 0. The number of para-hydroxylation sites is 2. The second kappa shape index (κ2) is 2.87. The van der Waals surface area contributed by atoms with Gasteiger partial charge in [0.1, 0.15) is 5.82 Å². The van der Waals surface area contributed by atoms with Gasteiger partial charge < -0.3 is 4.98 Å². The Bertz CT molecular complexity index is 710. The fraction of sp³-hybridized carbons (Fsp3) is 0.100. The number of benzene rings is 1. The molecule has 0 aliphatic heterocycles. The Kier molecular flexibility index (Phi) is 1.63. The summed E-state index contributed by atoms with van der Waals surface area (Å²) in [6, 6.07) is 7.93. The van der Waals surface area contributed by atoms with E-state index in [1.807, 2.05) is 35.6 Å². The van der Waals surface area contributed by atoms with E-state index in [0.717, 1.165) is 16.8 Å². The minimum Gasteiger partial charge on any atom is -0.323 e. The van der Waals surface area contributed by atoms with E-state index in [4.69, 9.17) is 12.2 Å². The van der Waals surface area contributed by atoms with E-state index >= 15 is 0 Å². The molecular weight excluding hydrogens is 208 g/mol. The van der Waals surface area contributed by atoms with Crippen molar-refractivity contribution in [3.8, 4) is 0 Å². The third-order valence-corrected chi connectivity index (χ3v) is 2.59. The number of aromatic nitrogens is 4. The van der Waals surface area contributed by atoms with E-state index in [-0.39, 0.29) is 0 Å². The van der Waals surface area contributed by atoms with Gasteiger partial charge in [-0.1, -0.05) is 12.1 Å². The monoisotopic (exact) mass is 216 g/mol. The van der Waals surface area contributed by atoms with Gasteiger partial charge in [-0.05, 0) is 31.3 Å². The number of aromatic amines is 1. The minimum absolute atomic E-state index is 0.537. The highest BCUT2D eigenvalue weighted by Gasteiger charge is 2.05.